The molecule has 0 spiro atoms. The van der Waals surface area contributed by atoms with Gasteiger partial charge in [-0.3, -0.25) is 10.1 Å². The largest absolute Gasteiger partial charge is 0.444 e. The zero-order chi connectivity index (χ0) is 18.4. The van der Waals surface area contributed by atoms with E-state index >= 15 is 0 Å². The Balaban J connectivity index is 1.92. The molecule has 0 atom stereocenters. The van der Waals surface area contributed by atoms with Crippen molar-refractivity contribution in [3.05, 3.63) is 47.9 Å². The molecule has 0 saturated carbocycles. The Morgan fingerprint density at radius 3 is 2.56 bits per heavy atom. The number of carbonyl (C=O) groups is 2. The molecule has 0 saturated heterocycles. The Kier molecular flexibility index (Phi) is 5.53. The van der Waals surface area contributed by atoms with E-state index in [4.69, 9.17) is 10.5 Å². The van der Waals surface area contributed by atoms with Crippen LogP contribution < -0.4 is 16.4 Å². The molecule has 0 aliphatic heterocycles. The van der Waals surface area contributed by atoms with Crippen LogP contribution in [0.5, 0.6) is 0 Å². The lowest BCUT2D eigenvalue weighted by atomic mass is 10.2. The molecule has 0 aliphatic carbocycles. The normalized spacial score (nSPS) is 10.8. The van der Waals surface area contributed by atoms with E-state index in [1.165, 1.54) is 12.3 Å². The van der Waals surface area contributed by atoms with Crippen molar-refractivity contribution in [3.8, 4) is 0 Å². The van der Waals surface area contributed by atoms with E-state index in [1.807, 2.05) is 0 Å². The van der Waals surface area contributed by atoms with Crippen molar-refractivity contribution in [1.29, 1.82) is 0 Å². The van der Waals surface area contributed by atoms with Crippen LogP contribution in [0, 0.1) is 0 Å². The van der Waals surface area contributed by atoms with E-state index in [2.05, 4.69) is 20.6 Å². The highest BCUT2D eigenvalue weighted by atomic mass is 16.6. The standard InChI is InChI=1S/C17H21N5O3/c1-17(2,3)25-16(24)22-12-6-7-13(20-10-12)15(23)21-9-11-5-4-8-19-14(11)18/h4-8,10H,9H2,1-3H3,(H2,18,19)(H,21,23)(H,22,24). The second-order valence-electron chi connectivity index (χ2n) is 6.29. The van der Waals surface area contributed by atoms with Crippen LogP contribution in [0.2, 0.25) is 0 Å². The van der Waals surface area contributed by atoms with Gasteiger partial charge < -0.3 is 15.8 Å². The minimum absolute atomic E-state index is 0.220. The molecule has 2 aromatic heterocycles. The molecule has 0 bridgehead atoms. The lowest BCUT2D eigenvalue weighted by molar-refractivity contribution is 0.0635. The van der Waals surface area contributed by atoms with Crippen LogP contribution in [-0.2, 0) is 11.3 Å². The van der Waals surface area contributed by atoms with Gasteiger partial charge in [0.2, 0.25) is 0 Å². The van der Waals surface area contributed by atoms with E-state index in [1.54, 1.807) is 45.2 Å². The third-order valence-electron chi connectivity index (χ3n) is 3.01. The van der Waals surface area contributed by atoms with Crippen LogP contribution in [0.15, 0.2) is 36.7 Å². The number of pyridine rings is 2. The predicted octanol–water partition coefficient (Wildman–Crippen LogP) is 2.34. The summed E-state index contributed by atoms with van der Waals surface area (Å²) in [5.41, 5.74) is 6.51. The molecule has 25 heavy (non-hydrogen) atoms. The summed E-state index contributed by atoms with van der Waals surface area (Å²) < 4.78 is 5.14. The van der Waals surface area contributed by atoms with Crippen molar-refractivity contribution in [2.75, 3.05) is 11.1 Å². The van der Waals surface area contributed by atoms with Crippen LogP contribution in [0.3, 0.4) is 0 Å². The number of rotatable bonds is 4. The number of nitrogens with one attached hydrogen (secondary N) is 2. The number of nitrogen functional groups attached to an aromatic ring is 1. The summed E-state index contributed by atoms with van der Waals surface area (Å²) in [6, 6.07) is 6.61. The summed E-state index contributed by atoms with van der Waals surface area (Å²) in [6.45, 7) is 5.56. The van der Waals surface area contributed by atoms with Crippen molar-refractivity contribution in [3.63, 3.8) is 0 Å². The fourth-order valence-electron chi connectivity index (χ4n) is 1.89. The molecule has 2 aromatic rings. The Labute approximate surface area is 145 Å². The Bertz CT molecular complexity index is 754. The molecular weight excluding hydrogens is 322 g/mol. The maximum absolute atomic E-state index is 12.1. The number of hydrogen-bond donors (Lipinski definition) is 3. The number of hydrogen-bond acceptors (Lipinski definition) is 6. The predicted molar refractivity (Wildman–Crippen MR) is 93.9 cm³/mol. The number of nitrogens with zero attached hydrogens (tertiary/aromatic N) is 2. The van der Waals surface area contributed by atoms with Gasteiger partial charge in [-0.15, -0.1) is 0 Å². The topological polar surface area (TPSA) is 119 Å². The summed E-state index contributed by atoms with van der Waals surface area (Å²) in [5, 5.41) is 5.26. The highest BCUT2D eigenvalue weighted by Gasteiger charge is 2.16. The van der Waals surface area contributed by atoms with Gasteiger partial charge in [0, 0.05) is 18.3 Å². The minimum atomic E-state index is -0.592. The molecule has 2 amide bonds. The van der Waals surface area contributed by atoms with Gasteiger partial charge in [0.1, 0.15) is 17.1 Å². The maximum Gasteiger partial charge on any atom is 0.412 e. The molecule has 8 nitrogen and oxygen atoms in total. The monoisotopic (exact) mass is 343 g/mol. The quantitative estimate of drug-likeness (QED) is 0.784. The SMILES string of the molecule is CC(C)(C)OC(=O)Nc1ccc(C(=O)NCc2cccnc2N)nc1. The highest BCUT2D eigenvalue weighted by molar-refractivity contribution is 5.93. The second-order valence-corrected chi connectivity index (χ2v) is 6.29. The number of anilines is 2. The Morgan fingerprint density at radius 1 is 1.20 bits per heavy atom. The van der Waals surface area contributed by atoms with E-state index in [0.717, 1.165) is 5.56 Å². The third kappa shape index (κ3) is 5.76. The first-order chi connectivity index (χ1) is 11.7. The fraction of sp³-hybridized carbons (Fsp3) is 0.294. The van der Waals surface area contributed by atoms with Crippen molar-refractivity contribution in [2.24, 2.45) is 0 Å². The number of aromatic nitrogens is 2. The molecule has 0 radical (unpaired) electrons. The van der Waals surface area contributed by atoms with Crippen molar-refractivity contribution < 1.29 is 14.3 Å². The van der Waals surface area contributed by atoms with Crippen LogP contribution >= 0.6 is 0 Å². The summed E-state index contributed by atoms with van der Waals surface area (Å²) in [5.74, 6) is 0.0136. The summed E-state index contributed by atoms with van der Waals surface area (Å²) in [7, 11) is 0. The summed E-state index contributed by atoms with van der Waals surface area (Å²) in [6.07, 6.45) is 2.38. The summed E-state index contributed by atoms with van der Waals surface area (Å²) in [4.78, 5) is 31.8. The lowest BCUT2D eigenvalue weighted by Crippen LogP contribution is -2.27. The van der Waals surface area contributed by atoms with E-state index in [9.17, 15) is 9.59 Å². The van der Waals surface area contributed by atoms with Gasteiger partial charge in [0.05, 0.1) is 11.9 Å². The highest BCUT2D eigenvalue weighted by Crippen LogP contribution is 2.12. The Hall–Kier alpha value is -3.16. The second kappa shape index (κ2) is 7.61. The fourth-order valence-corrected chi connectivity index (χ4v) is 1.89. The van der Waals surface area contributed by atoms with Gasteiger partial charge in [-0.25, -0.2) is 14.8 Å². The van der Waals surface area contributed by atoms with E-state index in [-0.39, 0.29) is 18.1 Å². The van der Waals surface area contributed by atoms with Gasteiger partial charge in [-0.2, -0.15) is 0 Å². The first-order valence-corrected chi connectivity index (χ1v) is 7.68. The first-order valence-electron chi connectivity index (χ1n) is 7.68. The number of carbonyl (C=O) groups excluding carboxylic acids is 2. The third-order valence-corrected chi connectivity index (χ3v) is 3.01. The Morgan fingerprint density at radius 2 is 1.96 bits per heavy atom. The molecule has 0 aliphatic rings. The van der Waals surface area contributed by atoms with Gasteiger partial charge in [-0.1, -0.05) is 6.07 Å². The van der Waals surface area contributed by atoms with E-state index < -0.39 is 11.7 Å². The average molecular weight is 343 g/mol. The number of ether oxygens (including phenoxy) is 1. The molecule has 0 unspecified atom stereocenters. The number of amides is 2. The smallest absolute Gasteiger partial charge is 0.412 e. The first kappa shape index (κ1) is 18.2. The van der Waals surface area contributed by atoms with Gasteiger partial charge in [0.15, 0.2) is 0 Å². The molecule has 132 valence electrons. The minimum Gasteiger partial charge on any atom is -0.444 e. The molecule has 2 heterocycles. The number of nitrogens with two attached hydrogens (primary N) is 1. The average Bonchev–Trinajstić information content (AvgIpc) is 2.52. The van der Waals surface area contributed by atoms with Crippen LogP contribution in [0.4, 0.5) is 16.3 Å². The zero-order valence-corrected chi connectivity index (χ0v) is 14.4. The van der Waals surface area contributed by atoms with Gasteiger partial charge >= 0.3 is 6.09 Å². The van der Waals surface area contributed by atoms with E-state index in [0.29, 0.717) is 11.5 Å². The van der Waals surface area contributed by atoms with Crippen LogP contribution in [-0.4, -0.2) is 27.6 Å². The van der Waals surface area contributed by atoms with Crippen molar-refractivity contribution in [2.45, 2.75) is 32.9 Å². The van der Waals surface area contributed by atoms with Crippen LogP contribution in [0.25, 0.3) is 0 Å². The van der Waals surface area contributed by atoms with Crippen molar-refractivity contribution in [1.82, 2.24) is 15.3 Å². The zero-order valence-electron chi connectivity index (χ0n) is 14.4. The molecule has 8 heteroatoms. The van der Waals surface area contributed by atoms with Gasteiger partial charge in [-0.05, 0) is 39.0 Å². The maximum atomic E-state index is 12.1. The van der Waals surface area contributed by atoms with Crippen molar-refractivity contribution >= 4 is 23.5 Å². The molecular formula is C17H21N5O3. The summed E-state index contributed by atoms with van der Waals surface area (Å²) >= 11 is 0. The van der Waals surface area contributed by atoms with Crippen LogP contribution in [0.1, 0.15) is 36.8 Å². The van der Waals surface area contributed by atoms with Gasteiger partial charge in [0.25, 0.3) is 5.91 Å². The lowest BCUT2D eigenvalue weighted by Gasteiger charge is -2.19. The molecule has 0 fully saturated rings. The molecule has 0 aromatic carbocycles. The molecule has 4 N–H and O–H groups in total. The molecule has 2 rings (SSSR count).